The van der Waals surface area contributed by atoms with Crippen LogP contribution in [0.3, 0.4) is 0 Å². The van der Waals surface area contributed by atoms with E-state index in [1.165, 1.54) is 11.8 Å². The second-order valence-electron chi connectivity index (χ2n) is 8.10. The molecule has 1 N–H and O–H groups in total. The summed E-state index contributed by atoms with van der Waals surface area (Å²) in [6.07, 6.45) is 1.22. The number of hydrogen-bond donors (Lipinski definition) is 1. The molecule has 2 saturated heterocycles. The number of benzene rings is 1. The Bertz CT molecular complexity index is 949. The molecule has 2 fully saturated rings. The minimum atomic E-state index is -3.87. The van der Waals surface area contributed by atoms with E-state index in [9.17, 15) is 18.0 Å². The number of anilines is 1. The normalized spacial score (nSPS) is 23.9. The highest BCUT2D eigenvalue weighted by atomic mass is 79.9. The zero-order valence-corrected chi connectivity index (χ0v) is 20.1. The van der Waals surface area contributed by atoms with E-state index in [1.54, 1.807) is 6.07 Å². The summed E-state index contributed by atoms with van der Waals surface area (Å²) < 4.78 is 34.9. The van der Waals surface area contributed by atoms with Crippen molar-refractivity contribution in [3.8, 4) is 0 Å². The van der Waals surface area contributed by atoms with Crippen LogP contribution in [-0.2, 0) is 28.9 Å². The predicted molar refractivity (Wildman–Crippen MR) is 117 cm³/mol. The van der Waals surface area contributed by atoms with E-state index >= 15 is 0 Å². The number of hydroxylamine groups is 1. The third kappa shape index (κ3) is 5.39. The monoisotopic (exact) mass is 518 g/mol. The number of ether oxygens (including phenoxy) is 2. The molecule has 0 bridgehead atoms. The van der Waals surface area contributed by atoms with Crippen LogP contribution >= 0.6 is 15.9 Å². The summed E-state index contributed by atoms with van der Waals surface area (Å²) in [5.41, 5.74) is 3.76. The van der Waals surface area contributed by atoms with E-state index in [1.807, 2.05) is 19.1 Å². The van der Waals surface area contributed by atoms with Gasteiger partial charge >= 0.3 is 6.09 Å². The van der Waals surface area contributed by atoms with Gasteiger partial charge in [-0.05, 0) is 50.5 Å². The molecule has 3 rings (SSSR count). The average molecular weight is 519 g/mol. The first-order valence-electron chi connectivity index (χ1n) is 10.0. The Balaban J connectivity index is 1.71. The molecular weight excluding hydrogens is 492 g/mol. The van der Waals surface area contributed by atoms with E-state index in [2.05, 4.69) is 21.4 Å². The molecule has 0 spiro atoms. The Morgan fingerprint density at radius 3 is 2.74 bits per heavy atom. The second kappa shape index (κ2) is 9.43. The fourth-order valence-corrected chi connectivity index (χ4v) is 4.97. The van der Waals surface area contributed by atoms with Crippen LogP contribution in [0.1, 0.15) is 38.2 Å². The number of nitrogens with one attached hydrogen (secondary N) is 1. The molecule has 3 atom stereocenters. The average Bonchev–Trinajstić information content (AvgIpc) is 3.05. The van der Waals surface area contributed by atoms with Crippen LogP contribution < -0.4 is 10.4 Å². The summed E-state index contributed by atoms with van der Waals surface area (Å²) >= 11 is 3.39. The molecule has 1 aromatic rings. The van der Waals surface area contributed by atoms with E-state index < -0.39 is 39.0 Å². The SMILES string of the molecule is Cc1cc(Br)ccc1N1C[C@H](C[C@](C)(C(=O)NOC2CCCCO2)S(C)(=O)=O)OC1=O. The van der Waals surface area contributed by atoms with Crippen molar-refractivity contribution < 1.29 is 32.3 Å². The molecule has 2 heterocycles. The third-order valence-corrected chi connectivity index (χ3v) is 8.14. The zero-order chi connectivity index (χ0) is 22.8. The van der Waals surface area contributed by atoms with Crippen molar-refractivity contribution in [2.45, 2.75) is 56.7 Å². The number of carbonyl (C=O) groups excluding carboxylic acids is 2. The summed E-state index contributed by atoms with van der Waals surface area (Å²) in [7, 11) is -3.87. The van der Waals surface area contributed by atoms with Gasteiger partial charge < -0.3 is 9.47 Å². The van der Waals surface area contributed by atoms with Gasteiger partial charge in [0.1, 0.15) is 6.10 Å². The van der Waals surface area contributed by atoms with Crippen molar-refractivity contribution in [1.29, 1.82) is 0 Å². The van der Waals surface area contributed by atoms with E-state index in [0.29, 0.717) is 18.7 Å². The van der Waals surface area contributed by atoms with Gasteiger partial charge in [-0.25, -0.2) is 23.5 Å². The quantitative estimate of drug-likeness (QED) is 0.552. The van der Waals surface area contributed by atoms with E-state index in [4.69, 9.17) is 14.3 Å². The topological polar surface area (TPSA) is 111 Å². The molecule has 9 nitrogen and oxygen atoms in total. The number of aryl methyl sites for hydroxylation is 1. The van der Waals surface area contributed by atoms with Crippen molar-refractivity contribution in [3.05, 3.63) is 28.2 Å². The fourth-order valence-electron chi connectivity index (χ4n) is 3.62. The van der Waals surface area contributed by atoms with Crippen molar-refractivity contribution in [2.75, 3.05) is 24.3 Å². The number of rotatable bonds is 7. The van der Waals surface area contributed by atoms with Crippen molar-refractivity contribution in [1.82, 2.24) is 5.48 Å². The Hall–Kier alpha value is -1.69. The number of amides is 2. The first-order chi connectivity index (χ1) is 14.5. The van der Waals surface area contributed by atoms with Crippen molar-refractivity contribution in [3.63, 3.8) is 0 Å². The van der Waals surface area contributed by atoms with E-state index in [0.717, 1.165) is 29.1 Å². The van der Waals surface area contributed by atoms with Gasteiger partial charge in [0.2, 0.25) is 0 Å². The van der Waals surface area contributed by atoms with Gasteiger partial charge in [0.25, 0.3) is 5.91 Å². The lowest BCUT2D eigenvalue weighted by Gasteiger charge is -2.29. The molecule has 31 heavy (non-hydrogen) atoms. The maximum Gasteiger partial charge on any atom is 0.414 e. The highest BCUT2D eigenvalue weighted by molar-refractivity contribution is 9.10. The number of sulfone groups is 1. The highest BCUT2D eigenvalue weighted by Crippen LogP contribution is 2.32. The Labute approximate surface area is 190 Å². The summed E-state index contributed by atoms with van der Waals surface area (Å²) in [5.74, 6) is -0.821. The largest absolute Gasteiger partial charge is 0.444 e. The van der Waals surface area contributed by atoms with Crippen LogP contribution in [0.15, 0.2) is 22.7 Å². The van der Waals surface area contributed by atoms with Crippen LogP contribution in [0.5, 0.6) is 0 Å². The lowest BCUT2D eigenvalue weighted by atomic mass is 10.0. The molecule has 2 aliphatic heterocycles. The third-order valence-electron chi connectivity index (χ3n) is 5.66. The summed E-state index contributed by atoms with van der Waals surface area (Å²) in [6.45, 7) is 3.82. The lowest BCUT2D eigenvalue weighted by Crippen LogP contribution is -2.53. The molecule has 1 aromatic carbocycles. The lowest BCUT2D eigenvalue weighted by molar-refractivity contribution is -0.201. The summed E-state index contributed by atoms with van der Waals surface area (Å²) in [6, 6.07) is 5.46. The van der Waals surface area contributed by atoms with E-state index in [-0.39, 0.29) is 13.0 Å². The fraction of sp³-hybridized carbons (Fsp3) is 0.600. The Morgan fingerprint density at radius 2 is 2.13 bits per heavy atom. The van der Waals surface area contributed by atoms with Crippen molar-refractivity contribution >= 4 is 43.5 Å². The molecule has 2 aliphatic rings. The van der Waals surface area contributed by atoms with Crippen LogP contribution in [0.4, 0.5) is 10.5 Å². The minimum Gasteiger partial charge on any atom is -0.444 e. The smallest absolute Gasteiger partial charge is 0.414 e. The number of cyclic esters (lactones) is 1. The molecule has 0 aliphatic carbocycles. The predicted octanol–water partition coefficient (Wildman–Crippen LogP) is 2.85. The molecule has 0 saturated carbocycles. The van der Waals surface area contributed by atoms with Crippen LogP contribution in [0, 0.1) is 6.92 Å². The van der Waals surface area contributed by atoms with Crippen LogP contribution in [-0.4, -0.2) is 57.0 Å². The number of hydrogen-bond acceptors (Lipinski definition) is 7. The van der Waals surface area contributed by atoms with Gasteiger partial charge in [-0.15, -0.1) is 0 Å². The van der Waals surface area contributed by atoms with Gasteiger partial charge in [-0.2, -0.15) is 0 Å². The number of halogens is 1. The maximum absolute atomic E-state index is 12.8. The van der Waals surface area contributed by atoms with Crippen LogP contribution in [0.25, 0.3) is 0 Å². The van der Waals surface area contributed by atoms with Gasteiger partial charge in [-0.1, -0.05) is 15.9 Å². The first kappa shape index (κ1) is 24.0. The zero-order valence-electron chi connectivity index (χ0n) is 17.7. The first-order valence-corrected chi connectivity index (χ1v) is 12.7. The van der Waals surface area contributed by atoms with Crippen LogP contribution in [0.2, 0.25) is 0 Å². The maximum atomic E-state index is 12.8. The standard InChI is InChI=1S/C20H27BrN2O7S/c1-13-10-14(21)7-8-16(13)23-12-15(29-19(23)25)11-20(2,31(3,26)27)18(24)22-30-17-6-4-5-9-28-17/h7-8,10,15,17H,4-6,9,11-12H2,1-3H3,(H,22,24)/t15-,17?,20+/m0/s1. The Morgan fingerprint density at radius 1 is 1.39 bits per heavy atom. The molecule has 11 heteroatoms. The van der Waals surface area contributed by atoms with Gasteiger partial charge in [-0.3, -0.25) is 9.69 Å². The summed E-state index contributed by atoms with van der Waals surface area (Å²) in [4.78, 5) is 32.0. The Kier molecular flexibility index (Phi) is 7.29. The second-order valence-corrected chi connectivity index (χ2v) is 11.5. The summed E-state index contributed by atoms with van der Waals surface area (Å²) in [5, 5.41) is 0. The molecule has 1 unspecified atom stereocenters. The molecule has 0 radical (unpaired) electrons. The number of nitrogens with zero attached hydrogens (tertiary/aromatic N) is 1. The highest BCUT2D eigenvalue weighted by Gasteiger charge is 2.49. The molecule has 0 aromatic heterocycles. The van der Waals surface area contributed by atoms with Crippen molar-refractivity contribution in [2.24, 2.45) is 0 Å². The van der Waals surface area contributed by atoms with Gasteiger partial charge in [0, 0.05) is 30.2 Å². The van der Waals surface area contributed by atoms with Gasteiger partial charge in [0.15, 0.2) is 20.9 Å². The minimum absolute atomic E-state index is 0.131. The van der Waals surface area contributed by atoms with Gasteiger partial charge in [0.05, 0.1) is 12.2 Å². The molecule has 2 amide bonds. The molecule has 172 valence electrons. The number of carbonyl (C=O) groups is 2. The molecular formula is C20H27BrN2O7S.